The van der Waals surface area contributed by atoms with Crippen molar-refractivity contribution in [3.05, 3.63) is 0 Å². The lowest BCUT2D eigenvalue weighted by molar-refractivity contribution is 0.0882. The summed E-state index contributed by atoms with van der Waals surface area (Å²) in [5.41, 5.74) is 0. The van der Waals surface area contributed by atoms with E-state index in [1.54, 1.807) is 0 Å². The molecule has 25 heavy (non-hydrogen) atoms. The van der Waals surface area contributed by atoms with Gasteiger partial charge in [0.25, 0.3) is 0 Å². The van der Waals surface area contributed by atoms with Crippen molar-refractivity contribution in [1.82, 2.24) is 0 Å². The van der Waals surface area contributed by atoms with E-state index in [4.69, 9.17) is 0 Å². The highest BCUT2D eigenvalue weighted by molar-refractivity contribution is 9.33. The Kier molecular flexibility index (Phi) is 7.40. The molecule has 4 aliphatic carbocycles. The average molecular weight is 1320 g/mol. The standard InChI is InChI=1S/C10HBr15/c11-2(12)1-3(13,14)6(18)8(20,21)5(2,17)9(22,23)7(19,4(1,15)16)10(6,24)25/h1H. The molecule has 146 valence electrons. The Morgan fingerprint density at radius 2 is 0.480 bits per heavy atom. The molecule has 0 nitrogen and oxygen atoms in total. The summed E-state index contributed by atoms with van der Waals surface area (Å²) in [6.45, 7) is 0. The third-order valence-electron chi connectivity index (χ3n) is 5.06. The molecule has 0 aromatic rings. The highest BCUT2D eigenvalue weighted by Gasteiger charge is 3.03. The quantitative estimate of drug-likeness (QED) is 0.212. The summed E-state index contributed by atoms with van der Waals surface area (Å²) < 4.78 is -6.16. The van der Waals surface area contributed by atoms with Crippen molar-refractivity contribution >= 4 is 239 Å². The number of alkyl halides is 15. The molecule has 4 aliphatic rings. The van der Waals surface area contributed by atoms with E-state index in [2.05, 4.69) is 239 Å². The first-order valence-electron chi connectivity index (χ1n) is 5.95. The third-order valence-corrected chi connectivity index (χ3v) is 33.5. The normalized spacial score (nSPS) is 52.2. The second-order valence-electron chi connectivity index (χ2n) is 6.00. The third kappa shape index (κ3) is 2.36. The highest BCUT2D eigenvalue weighted by Crippen LogP contribution is 2.96. The molecule has 0 spiro atoms. The maximum Gasteiger partial charge on any atom is 0.120 e. The molecule has 0 aromatic heterocycles. The summed E-state index contributed by atoms with van der Waals surface area (Å²) in [5.74, 6) is -0.111. The maximum absolute atomic E-state index is 4.08. The Labute approximate surface area is 271 Å². The lowest BCUT2D eigenvalue weighted by atomic mass is 9.54. The SMILES string of the molecule is BrC1(Br)C2C(Br)(Br)C3(Br)C(Br)(Br)C1(Br)C(Br)(Br)C(Br)(C2(Br)Br)C3(Br)Br. The first-order valence-corrected chi connectivity index (χ1v) is 17.8. The smallest absolute Gasteiger partial charge is 0.0777 e. The zero-order valence-corrected chi connectivity index (χ0v) is 34.5. The van der Waals surface area contributed by atoms with Crippen LogP contribution in [-0.2, 0) is 0 Å². The predicted molar refractivity (Wildman–Crippen MR) is 162 cm³/mol. The van der Waals surface area contributed by atoms with E-state index in [9.17, 15) is 0 Å². The number of rotatable bonds is 0. The molecule has 4 bridgehead atoms. The molecule has 0 aromatic carbocycles. The summed E-state index contributed by atoms with van der Waals surface area (Å²) in [4.78, 5) is 0. The summed E-state index contributed by atoms with van der Waals surface area (Å²) in [6, 6.07) is 0. The summed E-state index contributed by atoms with van der Waals surface area (Å²) >= 11 is 60.1. The fraction of sp³-hybridized carbons (Fsp3) is 1.00. The molecule has 4 rings (SSSR count). The van der Waals surface area contributed by atoms with Crippen molar-refractivity contribution in [2.24, 2.45) is 5.92 Å². The van der Waals surface area contributed by atoms with Crippen LogP contribution in [0.1, 0.15) is 0 Å². The summed E-state index contributed by atoms with van der Waals surface area (Å²) in [7, 11) is 0. The van der Waals surface area contributed by atoms with E-state index >= 15 is 0 Å². The molecule has 4 fully saturated rings. The van der Waals surface area contributed by atoms with Gasteiger partial charge in [-0.3, -0.25) is 0 Å². The molecule has 0 amide bonds. The van der Waals surface area contributed by atoms with Crippen LogP contribution in [0.5, 0.6) is 0 Å². The van der Waals surface area contributed by atoms with E-state index in [0.717, 1.165) is 0 Å². The van der Waals surface area contributed by atoms with E-state index in [0.29, 0.717) is 0 Å². The molecular weight excluding hydrogens is 1320 g/mol. The Morgan fingerprint density at radius 3 is 0.640 bits per heavy atom. The largest absolute Gasteiger partial charge is 0.120 e. The van der Waals surface area contributed by atoms with Crippen LogP contribution in [0.25, 0.3) is 0 Å². The Balaban J connectivity index is 2.64. The van der Waals surface area contributed by atoms with Gasteiger partial charge in [-0.15, -0.1) is 0 Å². The monoisotopic (exact) mass is 1300 g/mol. The van der Waals surface area contributed by atoms with Gasteiger partial charge in [0.15, 0.2) is 0 Å². The minimum atomic E-state index is -0.732. The zero-order chi connectivity index (χ0) is 20.1. The van der Waals surface area contributed by atoms with Gasteiger partial charge in [0.2, 0.25) is 0 Å². The van der Waals surface area contributed by atoms with Crippen molar-refractivity contribution in [3.63, 3.8) is 0 Å². The second kappa shape index (κ2) is 6.90. The first kappa shape index (κ1) is 26.8. The van der Waals surface area contributed by atoms with Gasteiger partial charge in [-0.25, -0.2) is 0 Å². The lowest BCUT2D eigenvalue weighted by Gasteiger charge is -2.85. The number of halogens is 15. The lowest BCUT2D eigenvalue weighted by Crippen LogP contribution is -3.00. The van der Waals surface area contributed by atoms with Crippen LogP contribution in [0, 0.1) is 5.92 Å². The molecule has 0 atom stereocenters. The van der Waals surface area contributed by atoms with E-state index < -0.39 is 32.4 Å². The van der Waals surface area contributed by atoms with E-state index in [1.807, 2.05) is 0 Å². The molecule has 4 saturated carbocycles. The topological polar surface area (TPSA) is 0 Å². The van der Waals surface area contributed by atoms with E-state index in [1.165, 1.54) is 0 Å². The molecule has 0 saturated heterocycles. The van der Waals surface area contributed by atoms with Crippen molar-refractivity contribution in [2.75, 3.05) is 0 Å². The fourth-order valence-corrected chi connectivity index (χ4v) is 35.4. The van der Waals surface area contributed by atoms with Crippen LogP contribution in [0.15, 0.2) is 0 Å². The van der Waals surface area contributed by atoms with Crippen LogP contribution in [0.3, 0.4) is 0 Å². The summed E-state index contributed by atoms with van der Waals surface area (Å²) in [6.07, 6.45) is 0. The van der Waals surface area contributed by atoms with Crippen LogP contribution < -0.4 is 0 Å². The van der Waals surface area contributed by atoms with Crippen molar-refractivity contribution in [2.45, 2.75) is 32.4 Å². The van der Waals surface area contributed by atoms with Crippen LogP contribution in [0.2, 0.25) is 0 Å². The zero-order valence-electron chi connectivity index (χ0n) is 10.7. The average Bonchev–Trinajstić information content (AvgIpc) is 2.38. The van der Waals surface area contributed by atoms with Gasteiger partial charge in [-0.1, -0.05) is 239 Å². The van der Waals surface area contributed by atoms with Gasteiger partial charge in [0.05, 0.1) is 0 Å². The van der Waals surface area contributed by atoms with Gasteiger partial charge < -0.3 is 0 Å². The minimum Gasteiger partial charge on any atom is -0.0777 e. The maximum atomic E-state index is 4.08. The van der Waals surface area contributed by atoms with Gasteiger partial charge >= 0.3 is 0 Å². The fourth-order valence-electron chi connectivity index (χ4n) is 3.84. The molecule has 0 radical (unpaired) electrons. The second-order valence-corrected chi connectivity index (χ2v) is 30.6. The minimum absolute atomic E-state index is 0.111. The molecule has 0 aliphatic heterocycles. The number of hydrogen-bond acceptors (Lipinski definition) is 0. The molecule has 0 unspecified atom stereocenters. The highest BCUT2D eigenvalue weighted by atomic mass is 79.9. The van der Waals surface area contributed by atoms with Crippen LogP contribution >= 0.6 is 239 Å². The summed E-state index contributed by atoms with van der Waals surface area (Å²) in [5, 5.41) is 0. The van der Waals surface area contributed by atoms with Crippen LogP contribution in [0.4, 0.5) is 0 Å². The van der Waals surface area contributed by atoms with Gasteiger partial charge in [0.1, 0.15) is 32.4 Å². The van der Waals surface area contributed by atoms with Gasteiger partial charge in [0, 0.05) is 5.92 Å². The Morgan fingerprint density at radius 1 is 0.320 bits per heavy atom. The Bertz CT molecular complexity index is 551. The van der Waals surface area contributed by atoms with Crippen molar-refractivity contribution in [3.8, 4) is 0 Å². The first-order chi connectivity index (χ1) is 10.6. The molecule has 0 N–H and O–H groups in total. The van der Waals surface area contributed by atoms with Crippen molar-refractivity contribution in [1.29, 1.82) is 0 Å². The van der Waals surface area contributed by atoms with Gasteiger partial charge in [-0.2, -0.15) is 0 Å². The number of hydrogen-bond donors (Lipinski definition) is 0. The molecule has 15 heteroatoms. The van der Waals surface area contributed by atoms with Gasteiger partial charge in [-0.05, 0) is 0 Å². The van der Waals surface area contributed by atoms with E-state index in [-0.39, 0.29) is 5.92 Å². The molecule has 0 heterocycles. The molecular formula is C10HBr15. The predicted octanol–water partition coefficient (Wildman–Crippen LogP) is 11.0. The van der Waals surface area contributed by atoms with Crippen molar-refractivity contribution < 1.29 is 0 Å². The van der Waals surface area contributed by atoms with Crippen LogP contribution in [-0.4, -0.2) is 32.4 Å². The Hall–Kier alpha value is 7.20.